The summed E-state index contributed by atoms with van der Waals surface area (Å²) < 4.78 is 0. The molecule has 1 atom stereocenters. The summed E-state index contributed by atoms with van der Waals surface area (Å²) in [6.45, 7) is 0.873. The molecule has 1 aromatic heterocycles. The van der Waals surface area contributed by atoms with Crippen LogP contribution in [0.3, 0.4) is 0 Å². The SMILES string of the molecule is C(#Cc1ccsc1)C[C@H](Cc1ccccc1)NCc1ccccc1. The van der Waals surface area contributed by atoms with Crippen LogP contribution in [0, 0.1) is 11.8 Å². The van der Waals surface area contributed by atoms with Crippen molar-refractivity contribution in [1.29, 1.82) is 0 Å². The van der Waals surface area contributed by atoms with Crippen LogP contribution >= 0.6 is 11.3 Å². The Hall–Kier alpha value is -2.34. The Morgan fingerprint density at radius 3 is 2.25 bits per heavy atom. The van der Waals surface area contributed by atoms with Gasteiger partial charge in [-0.05, 0) is 29.0 Å². The van der Waals surface area contributed by atoms with Gasteiger partial charge in [-0.1, -0.05) is 72.5 Å². The van der Waals surface area contributed by atoms with Gasteiger partial charge < -0.3 is 5.32 Å². The van der Waals surface area contributed by atoms with Crippen LogP contribution < -0.4 is 5.32 Å². The molecule has 0 aliphatic rings. The van der Waals surface area contributed by atoms with Crippen LogP contribution in [-0.2, 0) is 13.0 Å². The molecule has 1 heterocycles. The monoisotopic (exact) mass is 331 g/mol. The van der Waals surface area contributed by atoms with E-state index in [9.17, 15) is 0 Å². The van der Waals surface area contributed by atoms with Gasteiger partial charge in [0, 0.05) is 30.0 Å². The molecule has 3 aromatic rings. The molecule has 0 radical (unpaired) electrons. The maximum Gasteiger partial charge on any atom is 0.0352 e. The number of hydrogen-bond donors (Lipinski definition) is 1. The standard InChI is InChI=1S/C22H21NS/c1-3-8-19(9-4-1)16-22(13-7-12-21-14-15-24-18-21)23-17-20-10-5-2-6-11-20/h1-6,8-11,14-15,18,22-23H,13,16-17H2/t22-/m1/s1. The van der Waals surface area contributed by atoms with E-state index in [0.29, 0.717) is 6.04 Å². The summed E-state index contributed by atoms with van der Waals surface area (Å²) in [5.41, 5.74) is 3.77. The van der Waals surface area contributed by atoms with Crippen LogP contribution in [0.1, 0.15) is 23.1 Å². The Morgan fingerprint density at radius 2 is 1.58 bits per heavy atom. The van der Waals surface area contributed by atoms with Crippen molar-refractivity contribution in [3.63, 3.8) is 0 Å². The minimum Gasteiger partial charge on any atom is -0.309 e. The minimum absolute atomic E-state index is 0.346. The van der Waals surface area contributed by atoms with Crippen LogP contribution in [0.15, 0.2) is 77.5 Å². The second-order valence-corrected chi connectivity index (χ2v) is 6.55. The molecule has 0 saturated carbocycles. The normalized spacial score (nSPS) is 11.5. The predicted octanol–water partition coefficient (Wildman–Crippen LogP) is 4.89. The minimum atomic E-state index is 0.346. The molecule has 0 bridgehead atoms. The van der Waals surface area contributed by atoms with Crippen LogP contribution in [0.25, 0.3) is 0 Å². The fraction of sp³-hybridized carbons (Fsp3) is 0.182. The van der Waals surface area contributed by atoms with Crippen molar-refractivity contribution >= 4 is 11.3 Å². The third-order valence-electron chi connectivity index (χ3n) is 3.86. The Labute approximate surface area is 148 Å². The first-order valence-corrected chi connectivity index (χ1v) is 9.17. The first-order valence-electron chi connectivity index (χ1n) is 8.22. The summed E-state index contributed by atoms with van der Waals surface area (Å²) in [5.74, 6) is 6.60. The zero-order chi connectivity index (χ0) is 16.5. The molecule has 0 unspecified atom stereocenters. The van der Waals surface area contributed by atoms with Crippen LogP contribution in [0.5, 0.6) is 0 Å². The second kappa shape index (κ2) is 9.08. The molecule has 0 amide bonds. The Bertz CT molecular complexity index is 767. The van der Waals surface area contributed by atoms with Gasteiger partial charge in [-0.15, -0.1) is 0 Å². The molecule has 24 heavy (non-hydrogen) atoms. The van der Waals surface area contributed by atoms with Crippen molar-refractivity contribution in [3.05, 3.63) is 94.2 Å². The van der Waals surface area contributed by atoms with Crippen molar-refractivity contribution in [2.75, 3.05) is 0 Å². The average Bonchev–Trinajstić information content (AvgIpc) is 3.15. The van der Waals surface area contributed by atoms with Gasteiger partial charge in [-0.3, -0.25) is 0 Å². The highest BCUT2D eigenvalue weighted by Crippen LogP contribution is 2.08. The molecule has 0 spiro atoms. The molecule has 1 N–H and O–H groups in total. The Kier molecular flexibility index (Phi) is 6.25. The molecule has 1 nitrogen and oxygen atoms in total. The second-order valence-electron chi connectivity index (χ2n) is 5.77. The maximum absolute atomic E-state index is 3.66. The first kappa shape index (κ1) is 16.5. The molecular weight excluding hydrogens is 310 g/mol. The zero-order valence-corrected chi connectivity index (χ0v) is 14.4. The third-order valence-corrected chi connectivity index (χ3v) is 4.55. The quantitative estimate of drug-likeness (QED) is 0.634. The largest absolute Gasteiger partial charge is 0.309 e. The summed E-state index contributed by atoms with van der Waals surface area (Å²) in [4.78, 5) is 0. The molecular formula is C22H21NS. The Balaban J connectivity index is 1.63. The smallest absolute Gasteiger partial charge is 0.0352 e. The molecule has 0 aliphatic carbocycles. The topological polar surface area (TPSA) is 12.0 Å². The van der Waals surface area contributed by atoms with E-state index >= 15 is 0 Å². The molecule has 2 heteroatoms. The highest BCUT2D eigenvalue weighted by atomic mass is 32.1. The number of nitrogens with one attached hydrogen (secondary N) is 1. The van der Waals surface area contributed by atoms with Gasteiger partial charge in [-0.25, -0.2) is 0 Å². The van der Waals surface area contributed by atoms with Gasteiger partial charge in [-0.2, -0.15) is 11.3 Å². The van der Waals surface area contributed by atoms with Gasteiger partial charge in [0.1, 0.15) is 0 Å². The third kappa shape index (κ3) is 5.38. The van der Waals surface area contributed by atoms with E-state index in [1.165, 1.54) is 11.1 Å². The van der Waals surface area contributed by atoms with Gasteiger partial charge in [0.05, 0.1) is 0 Å². The number of rotatable bonds is 6. The summed E-state index contributed by atoms with van der Waals surface area (Å²) in [6.07, 6.45) is 1.84. The fourth-order valence-corrected chi connectivity index (χ4v) is 3.17. The van der Waals surface area contributed by atoms with Crippen molar-refractivity contribution in [3.8, 4) is 11.8 Å². The molecule has 0 aliphatic heterocycles. The molecule has 0 fully saturated rings. The van der Waals surface area contributed by atoms with Crippen molar-refractivity contribution < 1.29 is 0 Å². The van der Waals surface area contributed by atoms with E-state index in [1.807, 2.05) is 0 Å². The lowest BCUT2D eigenvalue weighted by molar-refractivity contribution is 0.517. The van der Waals surface area contributed by atoms with Crippen LogP contribution in [0.2, 0.25) is 0 Å². The predicted molar refractivity (Wildman–Crippen MR) is 103 cm³/mol. The van der Waals surface area contributed by atoms with Crippen LogP contribution in [-0.4, -0.2) is 6.04 Å². The van der Waals surface area contributed by atoms with Gasteiger partial charge >= 0.3 is 0 Å². The lowest BCUT2D eigenvalue weighted by Crippen LogP contribution is -2.30. The lowest BCUT2D eigenvalue weighted by Gasteiger charge is -2.16. The fourth-order valence-electron chi connectivity index (χ4n) is 2.59. The van der Waals surface area contributed by atoms with E-state index < -0.39 is 0 Å². The van der Waals surface area contributed by atoms with E-state index in [4.69, 9.17) is 0 Å². The molecule has 0 saturated heterocycles. The number of hydrogen-bond acceptors (Lipinski definition) is 2. The van der Waals surface area contributed by atoms with Gasteiger partial charge in [0.15, 0.2) is 0 Å². The van der Waals surface area contributed by atoms with E-state index in [1.54, 1.807) is 11.3 Å². The summed E-state index contributed by atoms with van der Waals surface area (Å²) >= 11 is 1.69. The number of benzene rings is 2. The maximum atomic E-state index is 3.66. The highest BCUT2D eigenvalue weighted by molar-refractivity contribution is 7.08. The average molecular weight is 331 g/mol. The summed E-state index contributed by atoms with van der Waals surface area (Å²) in [6, 6.07) is 23.6. The summed E-state index contributed by atoms with van der Waals surface area (Å²) in [5, 5.41) is 7.83. The van der Waals surface area contributed by atoms with E-state index in [2.05, 4.69) is 94.6 Å². The highest BCUT2D eigenvalue weighted by Gasteiger charge is 2.08. The van der Waals surface area contributed by atoms with Crippen molar-refractivity contribution in [2.24, 2.45) is 0 Å². The molecule has 3 rings (SSSR count). The van der Waals surface area contributed by atoms with Crippen molar-refractivity contribution in [1.82, 2.24) is 5.32 Å². The first-order chi connectivity index (χ1) is 11.9. The number of thiophene rings is 1. The van der Waals surface area contributed by atoms with Gasteiger partial charge in [0.25, 0.3) is 0 Å². The zero-order valence-electron chi connectivity index (χ0n) is 13.6. The van der Waals surface area contributed by atoms with E-state index in [0.717, 1.165) is 24.9 Å². The lowest BCUT2D eigenvalue weighted by atomic mass is 10.0. The Morgan fingerprint density at radius 1 is 0.875 bits per heavy atom. The van der Waals surface area contributed by atoms with Crippen molar-refractivity contribution in [2.45, 2.75) is 25.4 Å². The van der Waals surface area contributed by atoms with Crippen LogP contribution in [0.4, 0.5) is 0 Å². The molecule has 2 aromatic carbocycles. The molecule has 120 valence electrons. The van der Waals surface area contributed by atoms with E-state index in [-0.39, 0.29) is 0 Å². The summed E-state index contributed by atoms with van der Waals surface area (Å²) in [7, 11) is 0. The van der Waals surface area contributed by atoms with Gasteiger partial charge in [0.2, 0.25) is 0 Å².